The fraction of sp³-hybridized carbons (Fsp3) is 0.500. The summed E-state index contributed by atoms with van der Waals surface area (Å²) in [4.78, 5) is 16.0. The highest BCUT2D eigenvalue weighted by molar-refractivity contribution is 5.78. The van der Waals surface area contributed by atoms with Crippen molar-refractivity contribution < 1.29 is 4.79 Å². The molecule has 0 unspecified atom stereocenters. The van der Waals surface area contributed by atoms with E-state index in [1.807, 2.05) is 14.1 Å². The molecule has 112 valence electrons. The minimum Gasteiger partial charge on any atom is -0.349 e. The summed E-state index contributed by atoms with van der Waals surface area (Å²) in [5.74, 6) is 6.90. The SMILES string of the molecule is Cc1ccc(C#CCN2CCC(C(=O)N(C)C)CC2)cc1. The number of likely N-dealkylation sites (tertiary alicyclic amines) is 1. The Morgan fingerprint density at radius 3 is 2.43 bits per heavy atom. The fourth-order valence-electron chi connectivity index (χ4n) is 2.59. The summed E-state index contributed by atoms with van der Waals surface area (Å²) in [6.07, 6.45) is 1.90. The fourth-order valence-corrected chi connectivity index (χ4v) is 2.59. The van der Waals surface area contributed by atoms with E-state index in [0.717, 1.165) is 38.0 Å². The van der Waals surface area contributed by atoms with Crippen LogP contribution in [0.1, 0.15) is 24.0 Å². The van der Waals surface area contributed by atoms with Gasteiger partial charge in [-0.1, -0.05) is 29.5 Å². The third-order valence-electron chi connectivity index (χ3n) is 3.96. The first kappa shape index (κ1) is 15.6. The van der Waals surface area contributed by atoms with Crippen LogP contribution in [-0.4, -0.2) is 49.4 Å². The molecule has 1 aliphatic rings. The molecule has 0 spiro atoms. The molecule has 2 rings (SSSR count). The number of carbonyl (C=O) groups excluding carboxylic acids is 1. The summed E-state index contributed by atoms with van der Waals surface area (Å²) in [7, 11) is 3.67. The molecular formula is C18H24N2O. The van der Waals surface area contributed by atoms with Gasteiger partial charge in [0.2, 0.25) is 5.91 Å². The van der Waals surface area contributed by atoms with Gasteiger partial charge in [0, 0.05) is 25.6 Å². The van der Waals surface area contributed by atoms with Crippen molar-refractivity contribution in [2.24, 2.45) is 5.92 Å². The topological polar surface area (TPSA) is 23.6 Å². The number of nitrogens with zero attached hydrogens (tertiary/aromatic N) is 2. The molecular weight excluding hydrogens is 260 g/mol. The van der Waals surface area contributed by atoms with Crippen molar-refractivity contribution in [3.63, 3.8) is 0 Å². The van der Waals surface area contributed by atoms with Crippen LogP contribution in [0.4, 0.5) is 0 Å². The molecule has 0 aliphatic carbocycles. The van der Waals surface area contributed by atoms with Crippen LogP contribution in [0.3, 0.4) is 0 Å². The van der Waals surface area contributed by atoms with E-state index < -0.39 is 0 Å². The molecule has 3 nitrogen and oxygen atoms in total. The van der Waals surface area contributed by atoms with E-state index in [0.29, 0.717) is 0 Å². The molecule has 1 heterocycles. The normalized spacial score (nSPS) is 16.1. The first-order valence-corrected chi connectivity index (χ1v) is 7.55. The van der Waals surface area contributed by atoms with Crippen LogP contribution < -0.4 is 0 Å². The first-order chi connectivity index (χ1) is 10.1. The molecule has 0 atom stereocenters. The molecule has 1 aromatic carbocycles. The monoisotopic (exact) mass is 284 g/mol. The summed E-state index contributed by atoms with van der Waals surface area (Å²) in [5, 5.41) is 0. The largest absolute Gasteiger partial charge is 0.349 e. The third-order valence-corrected chi connectivity index (χ3v) is 3.96. The van der Waals surface area contributed by atoms with Gasteiger partial charge in [-0.25, -0.2) is 0 Å². The summed E-state index contributed by atoms with van der Waals surface area (Å²) < 4.78 is 0. The Labute approximate surface area is 127 Å². The maximum Gasteiger partial charge on any atom is 0.225 e. The maximum absolute atomic E-state index is 11.9. The molecule has 1 aromatic rings. The van der Waals surface area contributed by atoms with E-state index in [-0.39, 0.29) is 11.8 Å². The number of hydrogen-bond donors (Lipinski definition) is 0. The summed E-state index contributed by atoms with van der Waals surface area (Å²) in [5.41, 5.74) is 2.33. The Balaban J connectivity index is 1.79. The molecule has 1 saturated heterocycles. The Morgan fingerprint density at radius 1 is 1.24 bits per heavy atom. The zero-order valence-electron chi connectivity index (χ0n) is 13.2. The van der Waals surface area contributed by atoms with Gasteiger partial charge in [0.05, 0.1) is 6.54 Å². The predicted octanol–water partition coefficient (Wildman–Crippen LogP) is 2.15. The van der Waals surface area contributed by atoms with Gasteiger partial charge in [-0.05, 0) is 45.0 Å². The van der Waals surface area contributed by atoms with Gasteiger partial charge in [-0.3, -0.25) is 9.69 Å². The molecule has 0 bridgehead atoms. The van der Waals surface area contributed by atoms with Crippen molar-refractivity contribution in [3.8, 4) is 11.8 Å². The van der Waals surface area contributed by atoms with Gasteiger partial charge in [0.25, 0.3) is 0 Å². The lowest BCUT2D eigenvalue weighted by atomic mass is 9.95. The Hall–Kier alpha value is -1.79. The number of rotatable bonds is 2. The quantitative estimate of drug-likeness (QED) is 0.777. The zero-order valence-corrected chi connectivity index (χ0v) is 13.2. The van der Waals surface area contributed by atoms with Crippen LogP contribution in [0.2, 0.25) is 0 Å². The van der Waals surface area contributed by atoms with Crippen LogP contribution in [0.15, 0.2) is 24.3 Å². The Bertz CT molecular complexity index is 529. The number of carbonyl (C=O) groups is 1. The maximum atomic E-state index is 11.9. The second kappa shape index (κ2) is 7.28. The van der Waals surface area contributed by atoms with Crippen molar-refractivity contribution in [2.75, 3.05) is 33.7 Å². The first-order valence-electron chi connectivity index (χ1n) is 7.55. The highest BCUT2D eigenvalue weighted by Crippen LogP contribution is 2.18. The highest BCUT2D eigenvalue weighted by Gasteiger charge is 2.25. The van der Waals surface area contributed by atoms with Crippen LogP contribution in [-0.2, 0) is 4.79 Å². The minimum atomic E-state index is 0.196. The van der Waals surface area contributed by atoms with Crippen molar-refractivity contribution in [3.05, 3.63) is 35.4 Å². The van der Waals surface area contributed by atoms with Gasteiger partial charge >= 0.3 is 0 Å². The van der Waals surface area contributed by atoms with E-state index in [9.17, 15) is 4.79 Å². The van der Waals surface area contributed by atoms with Crippen molar-refractivity contribution in [2.45, 2.75) is 19.8 Å². The lowest BCUT2D eigenvalue weighted by Crippen LogP contribution is -2.40. The smallest absolute Gasteiger partial charge is 0.225 e. The molecule has 0 saturated carbocycles. The lowest BCUT2D eigenvalue weighted by molar-refractivity contribution is -0.134. The van der Waals surface area contributed by atoms with Gasteiger partial charge in [-0.15, -0.1) is 0 Å². The molecule has 3 heteroatoms. The average molecular weight is 284 g/mol. The summed E-state index contributed by atoms with van der Waals surface area (Å²) in [6.45, 7) is 4.80. The molecule has 1 amide bonds. The summed E-state index contributed by atoms with van der Waals surface area (Å²) >= 11 is 0. The van der Waals surface area contributed by atoms with E-state index in [1.54, 1.807) is 4.90 Å². The van der Waals surface area contributed by atoms with Crippen LogP contribution >= 0.6 is 0 Å². The standard InChI is InChI=1S/C18H24N2O/c1-15-6-8-16(9-7-15)5-4-12-20-13-10-17(11-14-20)18(21)19(2)3/h6-9,17H,10-14H2,1-3H3. The minimum absolute atomic E-state index is 0.196. The molecule has 0 radical (unpaired) electrons. The van der Waals surface area contributed by atoms with Gasteiger partial charge < -0.3 is 4.90 Å². The number of hydrogen-bond acceptors (Lipinski definition) is 2. The zero-order chi connectivity index (χ0) is 15.2. The molecule has 0 aromatic heterocycles. The number of aryl methyl sites for hydroxylation is 1. The van der Waals surface area contributed by atoms with E-state index >= 15 is 0 Å². The average Bonchev–Trinajstić information content (AvgIpc) is 2.49. The van der Waals surface area contributed by atoms with Crippen LogP contribution in [0.5, 0.6) is 0 Å². The van der Waals surface area contributed by atoms with Crippen molar-refractivity contribution in [1.82, 2.24) is 9.80 Å². The molecule has 0 N–H and O–H groups in total. The lowest BCUT2D eigenvalue weighted by Gasteiger charge is -2.31. The molecule has 1 fully saturated rings. The van der Waals surface area contributed by atoms with E-state index in [4.69, 9.17) is 0 Å². The van der Waals surface area contributed by atoms with Crippen LogP contribution in [0.25, 0.3) is 0 Å². The van der Waals surface area contributed by atoms with Crippen molar-refractivity contribution >= 4 is 5.91 Å². The number of piperidine rings is 1. The second-order valence-corrected chi connectivity index (χ2v) is 5.95. The highest BCUT2D eigenvalue weighted by atomic mass is 16.2. The van der Waals surface area contributed by atoms with Crippen molar-refractivity contribution in [1.29, 1.82) is 0 Å². The third kappa shape index (κ3) is 4.61. The molecule has 1 aliphatic heterocycles. The number of amides is 1. The van der Waals surface area contributed by atoms with Gasteiger partial charge in [0.1, 0.15) is 0 Å². The van der Waals surface area contributed by atoms with Gasteiger partial charge in [0.15, 0.2) is 0 Å². The second-order valence-electron chi connectivity index (χ2n) is 5.95. The van der Waals surface area contributed by atoms with E-state index in [1.165, 1.54) is 5.56 Å². The molecule has 21 heavy (non-hydrogen) atoms. The Kier molecular flexibility index (Phi) is 5.41. The van der Waals surface area contributed by atoms with E-state index in [2.05, 4.69) is 47.9 Å². The Morgan fingerprint density at radius 2 is 1.86 bits per heavy atom. The van der Waals surface area contributed by atoms with Gasteiger partial charge in [-0.2, -0.15) is 0 Å². The number of benzene rings is 1. The predicted molar refractivity (Wildman–Crippen MR) is 85.9 cm³/mol. The summed E-state index contributed by atoms with van der Waals surface area (Å²) in [6, 6.07) is 8.29. The van der Waals surface area contributed by atoms with Crippen LogP contribution in [0, 0.1) is 24.7 Å².